The first-order chi connectivity index (χ1) is 7.36. The van der Waals surface area contributed by atoms with Crippen LogP contribution in [0.3, 0.4) is 0 Å². The quantitative estimate of drug-likeness (QED) is 0.740. The lowest BCUT2D eigenvalue weighted by Crippen LogP contribution is -2.10. The molecule has 4 heteroatoms. The number of allylic oxidation sites excluding steroid dienone is 1. The maximum absolute atomic E-state index is 11.7. The third-order valence-electron chi connectivity index (χ3n) is 1.87. The van der Waals surface area contributed by atoms with Crippen LogP contribution in [0, 0.1) is 0 Å². The summed E-state index contributed by atoms with van der Waals surface area (Å²) in [5, 5.41) is 4.69. The van der Waals surface area contributed by atoms with Gasteiger partial charge in [0.2, 0.25) is 0 Å². The van der Waals surface area contributed by atoms with Crippen molar-refractivity contribution in [3.8, 4) is 0 Å². The maximum atomic E-state index is 11.7. The maximum Gasteiger partial charge on any atom is 0.281 e. The standard InChI is InChI=1S/C11H11NO2S/c13-11(15-8-4-7-14-9-15)12-10-5-2-1-3-6-10/h1-8H,9H2,(H,12,13). The topological polar surface area (TPSA) is 38.3 Å². The summed E-state index contributed by atoms with van der Waals surface area (Å²) in [4.78, 5) is 11.7. The molecule has 0 radical (unpaired) electrons. The molecular weight excluding hydrogens is 210 g/mol. The lowest BCUT2D eigenvalue weighted by Gasteiger charge is -2.11. The van der Waals surface area contributed by atoms with E-state index in [9.17, 15) is 4.79 Å². The van der Waals surface area contributed by atoms with Crippen molar-refractivity contribution >= 4 is 26.8 Å². The lowest BCUT2D eigenvalue weighted by atomic mass is 10.3. The normalized spacial score (nSPS) is 18.8. The smallest absolute Gasteiger partial charge is 0.281 e. The Morgan fingerprint density at radius 3 is 2.80 bits per heavy atom. The Balaban J connectivity index is 2.04. The molecule has 1 aromatic carbocycles. The summed E-state index contributed by atoms with van der Waals surface area (Å²) in [5.41, 5.74) is 0.818. The second-order valence-corrected chi connectivity index (χ2v) is 4.69. The Hall–Kier alpha value is -1.55. The van der Waals surface area contributed by atoms with E-state index in [1.54, 1.807) is 12.3 Å². The van der Waals surface area contributed by atoms with Crippen molar-refractivity contribution in [1.82, 2.24) is 0 Å². The number of ether oxygens (including phenoxy) is 1. The third kappa shape index (κ3) is 2.70. The molecule has 1 heterocycles. The first kappa shape index (κ1) is 9.98. The monoisotopic (exact) mass is 221 g/mol. The number of anilines is 1. The third-order valence-corrected chi connectivity index (χ3v) is 3.32. The summed E-state index contributed by atoms with van der Waals surface area (Å²) in [6, 6.07) is 9.42. The molecule has 0 spiro atoms. The van der Waals surface area contributed by atoms with Crippen LogP contribution in [0.5, 0.6) is 0 Å². The Morgan fingerprint density at radius 2 is 2.13 bits per heavy atom. The van der Waals surface area contributed by atoms with Gasteiger partial charge in [-0.15, -0.1) is 0 Å². The van der Waals surface area contributed by atoms with Crippen molar-refractivity contribution in [1.29, 1.82) is 0 Å². The second kappa shape index (κ2) is 4.79. The van der Waals surface area contributed by atoms with Gasteiger partial charge in [-0.2, -0.15) is 0 Å². The van der Waals surface area contributed by atoms with Gasteiger partial charge >= 0.3 is 0 Å². The molecule has 1 aromatic rings. The van der Waals surface area contributed by atoms with E-state index >= 15 is 0 Å². The zero-order valence-electron chi connectivity index (χ0n) is 8.05. The Morgan fingerprint density at radius 1 is 1.33 bits per heavy atom. The van der Waals surface area contributed by atoms with Gasteiger partial charge in [0.25, 0.3) is 5.24 Å². The van der Waals surface area contributed by atoms with Crippen molar-refractivity contribution in [3.05, 3.63) is 42.7 Å². The van der Waals surface area contributed by atoms with Crippen LogP contribution >= 0.6 is 10.5 Å². The molecule has 0 aliphatic carbocycles. The summed E-state index contributed by atoms with van der Waals surface area (Å²) < 4.78 is 5.08. The molecular formula is C11H11NO2S. The van der Waals surface area contributed by atoms with E-state index in [1.165, 1.54) is 0 Å². The molecule has 15 heavy (non-hydrogen) atoms. The first-order valence-corrected chi connectivity index (χ1v) is 5.99. The van der Waals surface area contributed by atoms with Crippen molar-refractivity contribution in [3.63, 3.8) is 0 Å². The fraction of sp³-hybridized carbons (Fsp3) is 0.0909. The van der Waals surface area contributed by atoms with E-state index in [4.69, 9.17) is 4.74 Å². The van der Waals surface area contributed by atoms with Gasteiger partial charge in [0.05, 0.1) is 6.26 Å². The number of rotatable bonds is 1. The number of amides is 1. The molecule has 1 amide bonds. The van der Waals surface area contributed by atoms with Crippen molar-refractivity contribution < 1.29 is 9.53 Å². The van der Waals surface area contributed by atoms with E-state index in [1.807, 2.05) is 35.7 Å². The summed E-state index contributed by atoms with van der Waals surface area (Å²) in [6.45, 7) is 0. The molecule has 1 aliphatic rings. The minimum absolute atomic E-state index is 0.00875. The summed E-state index contributed by atoms with van der Waals surface area (Å²) in [5.74, 6) is 0.440. The molecule has 1 unspecified atom stereocenters. The molecule has 3 nitrogen and oxygen atoms in total. The van der Waals surface area contributed by atoms with E-state index in [2.05, 4.69) is 5.32 Å². The molecule has 0 bridgehead atoms. The summed E-state index contributed by atoms with van der Waals surface area (Å²) >= 11 is 0. The first-order valence-electron chi connectivity index (χ1n) is 4.53. The van der Waals surface area contributed by atoms with Crippen LogP contribution in [0.1, 0.15) is 0 Å². The highest BCUT2D eigenvalue weighted by Crippen LogP contribution is 2.19. The minimum atomic E-state index is -0.474. The summed E-state index contributed by atoms with van der Waals surface area (Å²) in [6.07, 6.45) is 3.36. The zero-order chi connectivity index (χ0) is 10.5. The van der Waals surface area contributed by atoms with Crippen molar-refractivity contribution in [2.75, 3.05) is 11.3 Å². The molecule has 0 saturated heterocycles. The van der Waals surface area contributed by atoms with E-state index in [0.717, 1.165) is 5.69 Å². The average molecular weight is 221 g/mol. The van der Waals surface area contributed by atoms with Gasteiger partial charge < -0.3 is 10.1 Å². The van der Waals surface area contributed by atoms with Gasteiger partial charge in [-0.05, 0) is 23.6 Å². The van der Waals surface area contributed by atoms with Gasteiger partial charge in [-0.25, -0.2) is 0 Å². The molecule has 0 fully saturated rings. The van der Waals surface area contributed by atoms with Crippen LogP contribution in [0.4, 0.5) is 10.5 Å². The average Bonchev–Trinajstić information content (AvgIpc) is 2.31. The SMILES string of the molecule is O=C(Nc1ccccc1)S1=CC=COC1. The highest BCUT2D eigenvalue weighted by Gasteiger charge is 2.08. The number of benzene rings is 1. The molecule has 1 N–H and O–H groups in total. The molecule has 2 rings (SSSR count). The van der Waals surface area contributed by atoms with Gasteiger partial charge in [-0.1, -0.05) is 28.7 Å². The number of hydrogen-bond acceptors (Lipinski definition) is 2. The number of hydrogen-bond donors (Lipinski definition) is 1. The van der Waals surface area contributed by atoms with Crippen LogP contribution in [0.2, 0.25) is 0 Å². The number of nitrogens with one attached hydrogen (secondary N) is 1. The molecule has 78 valence electrons. The van der Waals surface area contributed by atoms with Gasteiger partial charge in [0.15, 0.2) is 0 Å². The van der Waals surface area contributed by atoms with Crippen LogP contribution in [-0.4, -0.2) is 16.5 Å². The Bertz CT molecular complexity index is 412. The highest BCUT2D eigenvalue weighted by atomic mass is 32.2. The fourth-order valence-electron chi connectivity index (χ4n) is 1.15. The molecule has 1 atom stereocenters. The number of carbonyl (C=O) groups is 1. The predicted octanol–water partition coefficient (Wildman–Crippen LogP) is 2.79. The van der Waals surface area contributed by atoms with Crippen LogP contribution in [0.25, 0.3) is 0 Å². The van der Waals surface area contributed by atoms with E-state index in [0.29, 0.717) is 5.94 Å². The van der Waals surface area contributed by atoms with E-state index < -0.39 is 10.5 Å². The van der Waals surface area contributed by atoms with Crippen molar-refractivity contribution in [2.24, 2.45) is 0 Å². The molecule has 1 aliphatic heterocycles. The van der Waals surface area contributed by atoms with Crippen molar-refractivity contribution in [2.45, 2.75) is 0 Å². The van der Waals surface area contributed by atoms with Crippen LogP contribution in [-0.2, 0) is 4.74 Å². The number of para-hydroxylation sites is 1. The number of carbonyl (C=O) groups excluding carboxylic acids is 1. The lowest BCUT2D eigenvalue weighted by molar-refractivity contribution is 0.268. The highest BCUT2D eigenvalue weighted by molar-refractivity contribution is 8.27. The zero-order valence-corrected chi connectivity index (χ0v) is 8.87. The second-order valence-electron chi connectivity index (χ2n) is 2.96. The fourth-order valence-corrected chi connectivity index (χ4v) is 2.19. The van der Waals surface area contributed by atoms with Gasteiger partial charge in [-0.3, -0.25) is 4.79 Å². The predicted molar refractivity (Wildman–Crippen MR) is 64.2 cm³/mol. The Kier molecular flexibility index (Phi) is 3.19. The minimum Gasteiger partial charge on any atom is -0.491 e. The van der Waals surface area contributed by atoms with Crippen LogP contribution < -0.4 is 5.32 Å². The van der Waals surface area contributed by atoms with Gasteiger partial charge in [0, 0.05) is 5.69 Å². The Labute approximate surface area is 90.7 Å². The largest absolute Gasteiger partial charge is 0.491 e. The van der Waals surface area contributed by atoms with Gasteiger partial charge in [0.1, 0.15) is 5.94 Å². The summed E-state index contributed by atoms with van der Waals surface area (Å²) in [7, 11) is -0.474. The molecule has 0 saturated carbocycles. The van der Waals surface area contributed by atoms with E-state index in [-0.39, 0.29) is 5.24 Å². The van der Waals surface area contributed by atoms with Crippen LogP contribution in [0.15, 0.2) is 42.7 Å². The molecule has 0 aromatic heterocycles.